The Bertz CT molecular complexity index is 312. The first-order chi connectivity index (χ1) is 10.3. The van der Waals surface area contributed by atoms with E-state index in [4.69, 9.17) is 0 Å². The highest BCUT2D eigenvalue weighted by molar-refractivity contribution is 14.0. The van der Waals surface area contributed by atoms with Crippen molar-refractivity contribution in [2.75, 3.05) is 33.7 Å². The van der Waals surface area contributed by atoms with Crippen molar-refractivity contribution < 1.29 is 13.2 Å². The van der Waals surface area contributed by atoms with Crippen molar-refractivity contribution in [2.45, 2.75) is 58.2 Å². The summed E-state index contributed by atoms with van der Waals surface area (Å²) in [5.74, 6) is 0.711. The van der Waals surface area contributed by atoms with E-state index in [-0.39, 0.29) is 24.0 Å². The van der Waals surface area contributed by atoms with E-state index >= 15 is 0 Å². The fourth-order valence-electron chi connectivity index (χ4n) is 2.14. The lowest BCUT2D eigenvalue weighted by atomic mass is 10.1. The lowest BCUT2D eigenvalue weighted by molar-refractivity contribution is -0.143. The summed E-state index contributed by atoms with van der Waals surface area (Å²) < 4.78 is 36.5. The number of nitrogens with one attached hydrogen (secondary N) is 2. The lowest BCUT2D eigenvalue weighted by Crippen LogP contribution is -2.43. The van der Waals surface area contributed by atoms with Gasteiger partial charge in [0.2, 0.25) is 0 Å². The van der Waals surface area contributed by atoms with Crippen molar-refractivity contribution in [3.05, 3.63) is 0 Å². The largest absolute Gasteiger partial charge is 0.401 e. The van der Waals surface area contributed by atoms with Gasteiger partial charge in [-0.25, -0.2) is 0 Å². The molecule has 0 radical (unpaired) electrons. The number of aliphatic imine (C=N–C) groups is 1. The predicted molar refractivity (Wildman–Crippen MR) is 102 cm³/mol. The minimum Gasteiger partial charge on any atom is -0.356 e. The molecule has 0 aliphatic heterocycles. The topological polar surface area (TPSA) is 39.7 Å². The molecule has 0 aromatic rings. The Morgan fingerprint density at radius 1 is 1.22 bits per heavy atom. The molecule has 0 rings (SSSR count). The van der Waals surface area contributed by atoms with Crippen LogP contribution in [-0.4, -0.2) is 56.8 Å². The van der Waals surface area contributed by atoms with Gasteiger partial charge in [-0.3, -0.25) is 9.89 Å². The summed E-state index contributed by atoms with van der Waals surface area (Å²) in [6.07, 6.45) is 1.20. The van der Waals surface area contributed by atoms with E-state index in [2.05, 4.69) is 29.5 Å². The summed E-state index contributed by atoms with van der Waals surface area (Å²) in [5, 5.41) is 6.44. The highest BCUT2D eigenvalue weighted by atomic mass is 127. The zero-order chi connectivity index (χ0) is 17.0. The Kier molecular flexibility index (Phi) is 15.3. The molecule has 0 bridgehead atoms. The van der Waals surface area contributed by atoms with Gasteiger partial charge in [-0.1, -0.05) is 26.2 Å². The number of guanidine groups is 1. The van der Waals surface area contributed by atoms with E-state index in [1.54, 1.807) is 7.05 Å². The third kappa shape index (κ3) is 16.4. The first-order valence-corrected chi connectivity index (χ1v) is 8.01. The number of halogens is 4. The molecule has 0 aliphatic rings. The van der Waals surface area contributed by atoms with Crippen LogP contribution in [0, 0.1) is 0 Å². The first-order valence-electron chi connectivity index (χ1n) is 8.01. The van der Waals surface area contributed by atoms with Gasteiger partial charge in [0.15, 0.2) is 5.96 Å². The third-order valence-electron chi connectivity index (χ3n) is 3.31. The van der Waals surface area contributed by atoms with Crippen molar-refractivity contribution in [1.29, 1.82) is 0 Å². The summed E-state index contributed by atoms with van der Waals surface area (Å²) in [6, 6.07) is 0.339. The molecule has 8 heteroatoms. The predicted octanol–water partition coefficient (Wildman–Crippen LogP) is 3.62. The highest BCUT2D eigenvalue weighted by Crippen LogP contribution is 2.15. The summed E-state index contributed by atoms with van der Waals surface area (Å²) in [5.41, 5.74) is 0. The average Bonchev–Trinajstić information content (AvgIpc) is 2.40. The van der Waals surface area contributed by atoms with Gasteiger partial charge in [-0.05, 0) is 33.4 Å². The van der Waals surface area contributed by atoms with Crippen molar-refractivity contribution in [2.24, 2.45) is 4.99 Å². The molecule has 2 N–H and O–H groups in total. The Balaban J connectivity index is 0. The first kappa shape index (κ1) is 25.0. The molecule has 0 aromatic carbocycles. The third-order valence-corrected chi connectivity index (χ3v) is 3.31. The molecule has 0 heterocycles. The minimum absolute atomic E-state index is 0. The van der Waals surface area contributed by atoms with E-state index in [0.717, 1.165) is 6.42 Å². The van der Waals surface area contributed by atoms with Crippen molar-refractivity contribution in [3.63, 3.8) is 0 Å². The molecule has 0 aromatic heterocycles. The maximum Gasteiger partial charge on any atom is 0.401 e. The van der Waals surface area contributed by atoms with E-state index in [1.165, 1.54) is 31.2 Å². The van der Waals surface area contributed by atoms with Crippen LogP contribution >= 0.6 is 24.0 Å². The Morgan fingerprint density at radius 2 is 1.87 bits per heavy atom. The number of rotatable bonds is 10. The number of unbranched alkanes of at least 4 members (excludes halogenated alkanes) is 2. The second-order valence-electron chi connectivity index (χ2n) is 5.75. The fraction of sp³-hybridized carbons (Fsp3) is 0.933. The molecule has 0 aliphatic carbocycles. The molecule has 140 valence electrons. The fourth-order valence-corrected chi connectivity index (χ4v) is 2.14. The van der Waals surface area contributed by atoms with Crippen LogP contribution in [0.5, 0.6) is 0 Å². The maximum atomic E-state index is 12.2. The summed E-state index contributed by atoms with van der Waals surface area (Å²) in [4.78, 5) is 5.42. The van der Waals surface area contributed by atoms with Gasteiger partial charge >= 0.3 is 6.18 Å². The molecule has 0 saturated carbocycles. The van der Waals surface area contributed by atoms with Crippen LogP contribution in [0.25, 0.3) is 0 Å². The van der Waals surface area contributed by atoms with Crippen molar-refractivity contribution >= 4 is 29.9 Å². The smallest absolute Gasteiger partial charge is 0.356 e. The van der Waals surface area contributed by atoms with Crippen molar-refractivity contribution in [1.82, 2.24) is 15.5 Å². The number of nitrogens with zero attached hydrogens (tertiary/aromatic N) is 2. The quantitative estimate of drug-likeness (QED) is 0.230. The molecule has 0 fully saturated rings. The molecule has 0 saturated heterocycles. The van der Waals surface area contributed by atoms with Gasteiger partial charge in [-0.15, -0.1) is 24.0 Å². The molecule has 0 amide bonds. The van der Waals surface area contributed by atoms with E-state index < -0.39 is 12.7 Å². The van der Waals surface area contributed by atoms with Crippen LogP contribution in [0.2, 0.25) is 0 Å². The molecule has 1 atom stereocenters. The van der Waals surface area contributed by atoms with Crippen molar-refractivity contribution in [3.8, 4) is 0 Å². The van der Waals surface area contributed by atoms with Gasteiger partial charge in [0.1, 0.15) is 0 Å². The van der Waals surface area contributed by atoms with Crippen LogP contribution < -0.4 is 10.6 Å². The lowest BCUT2D eigenvalue weighted by Gasteiger charge is -2.20. The van der Waals surface area contributed by atoms with Gasteiger partial charge in [0.05, 0.1) is 6.54 Å². The number of hydrogen-bond donors (Lipinski definition) is 2. The number of alkyl halides is 3. The SMILES string of the molecule is CCCCCC(C)NC(=NC)NCCCN(C)CC(F)(F)F.I. The standard InChI is InChI=1S/C15H31F3N4.HI/c1-5-6-7-9-13(2)21-14(19-3)20-10-8-11-22(4)12-15(16,17)18;/h13H,5-12H2,1-4H3,(H2,19,20,21);1H. The summed E-state index contributed by atoms with van der Waals surface area (Å²) in [7, 11) is 3.18. The van der Waals surface area contributed by atoms with Crippen LogP contribution in [-0.2, 0) is 0 Å². The normalized spacial score (nSPS) is 13.7. The van der Waals surface area contributed by atoms with Gasteiger partial charge in [-0.2, -0.15) is 13.2 Å². The number of hydrogen-bond acceptors (Lipinski definition) is 2. The van der Waals surface area contributed by atoms with E-state index in [9.17, 15) is 13.2 Å². The van der Waals surface area contributed by atoms with Crippen LogP contribution in [0.4, 0.5) is 13.2 Å². The second-order valence-corrected chi connectivity index (χ2v) is 5.75. The maximum absolute atomic E-state index is 12.2. The van der Waals surface area contributed by atoms with E-state index in [1.807, 2.05) is 0 Å². The second kappa shape index (κ2) is 14.1. The molecule has 0 spiro atoms. The Labute approximate surface area is 155 Å². The summed E-state index contributed by atoms with van der Waals surface area (Å²) in [6.45, 7) is 4.42. The molecular weight excluding hydrogens is 420 g/mol. The summed E-state index contributed by atoms with van der Waals surface area (Å²) >= 11 is 0. The monoisotopic (exact) mass is 452 g/mol. The zero-order valence-electron chi connectivity index (χ0n) is 14.7. The molecule has 1 unspecified atom stereocenters. The zero-order valence-corrected chi connectivity index (χ0v) is 17.0. The average molecular weight is 452 g/mol. The minimum atomic E-state index is -4.13. The molecule has 4 nitrogen and oxygen atoms in total. The highest BCUT2D eigenvalue weighted by Gasteiger charge is 2.28. The molecule has 23 heavy (non-hydrogen) atoms. The van der Waals surface area contributed by atoms with Gasteiger partial charge in [0.25, 0.3) is 0 Å². The van der Waals surface area contributed by atoms with Crippen LogP contribution in [0.3, 0.4) is 0 Å². The van der Waals surface area contributed by atoms with Crippen LogP contribution in [0.15, 0.2) is 4.99 Å². The van der Waals surface area contributed by atoms with E-state index in [0.29, 0.717) is 31.5 Å². The molecular formula is C15H32F3IN4. The van der Waals surface area contributed by atoms with Crippen LogP contribution in [0.1, 0.15) is 46.0 Å². The van der Waals surface area contributed by atoms with Gasteiger partial charge < -0.3 is 10.6 Å². The Hall–Kier alpha value is -0.250. The Morgan fingerprint density at radius 3 is 2.39 bits per heavy atom. The van der Waals surface area contributed by atoms with Gasteiger partial charge in [0, 0.05) is 19.6 Å².